The van der Waals surface area contributed by atoms with Gasteiger partial charge in [0.25, 0.3) is 0 Å². The summed E-state index contributed by atoms with van der Waals surface area (Å²) in [5.41, 5.74) is 5.64. The van der Waals surface area contributed by atoms with Gasteiger partial charge in [-0.25, -0.2) is 0 Å². The number of rotatable bonds is 3. The number of nitrogens with zero attached hydrogens (tertiary/aromatic N) is 2. The van der Waals surface area contributed by atoms with Crippen molar-refractivity contribution in [1.82, 2.24) is 9.80 Å². The van der Waals surface area contributed by atoms with Gasteiger partial charge in [0.1, 0.15) is 0 Å². The molecule has 2 N–H and O–H groups in total. The van der Waals surface area contributed by atoms with Crippen LogP contribution in [0, 0.1) is 5.92 Å². The summed E-state index contributed by atoms with van der Waals surface area (Å²) in [5, 5.41) is 0. The Morgan fingerprint density at radius 3 is 2.62 bits per heavy atom. The molecular formula is C12H23N3O. The highest BCUT2D eigenvalue weighted by molar-refractivity contribution is 5.82. The second-order valence-electron chi connectivity index (χ2n) is 5.35. The van der Waals surface area contributed by atoms with Gasteiger partial charge >= 0.3 is 0 Å². The normalized spacial score (nSPS) is 32.9. The van der Waals surface area contributed by atoms with Crippen LogP contribution < -0.4 is 5.73 Å². The first-order valence-electron chi connectivity index (χ1n) is 6.34. The summed E-state index contributed by atoms with van der Waals surface area (Å²) in [4.78, 5) is 16.5. The molecule has 1 aliphatic carbocycles. The van der Waals surface area contributed by atoms with E-state index in [1.54, 1.807) is 0 Å². The van der Waals surface area contributed by atoms with Crippen LogP contribution in [0.4, 0.5) is 0 Å². The van der Waals surface area contributed by atoms with Gasteiger partial charge in [0.15, 0.2) is 0 Å². The van der Waals surface area contributed by atoms with Crippen LogP contribution in [0.25, 0.3) is 0 Å². The minimum Gasteiger partial charge on any atom is -0.344 e. The van der Waals surface area contributed by atoms with Gasteiger partial charge in [-0.15, -0.1) is 0 Å². The van der Waals surface area contributed by atoms with E-state index in [2.05, 4.69) is 11.8 Å². The maximum absolute atomic E-state index is 12.3. The molecule has 2 rings (SSSR count). The average molecular weight is 225 g/mol. The lowest BCUT2D eigenvalue weighted by Gasteiger charge is -2.29. The van der Waals surface area contributed by atoms with Crippen LogP contribution in [-0.4, -0.2) is 54.5 Å². The molecular weight excluding hydrogens is 202 g/mol. The van der Waals surface area contributed by atoms with E-state index in [0.717, 1.165) is 19.5 Å². The molecule has 1 heterocycles. The Labute approximate surface area is 97.8 Å². The minimum atomic E-state index is 0.0347. The van der Waals surface area contributed by atoms with Crippen LogP contribution in [0.5, 0.6) is 0 Å². The Kier molecular flexibility index (Phi) is 3.50. The van der Waals surface area contributed by atoms with Crippen molar-refractivity contribution in [3.05, 3.63) is 0 Å². The molecule has 1 aliphatic heterocycles. The number of nitrogens with two attached hydrogens (primary N) is 1. The van der Waals surface area contributed by atoms with E-state index in [1.807, 2.05) is 11.9 Å². The lowest BCUT2D eigenvalue weighted by Crippen LogP contribution is -2.46. The van der Waals surface area contributed by atoms with Crippen molar-refractivity contribution in [3.8, 4) is 0 Å². The van der Waals surface area contributed by atoms with Gasteiger partial charge < -0.3 is 10.6 Å². The van der Waals surface area contributed by atoms with E-state index in [4.69, 9.17) is 5.73 Å². The van der Waals surface area contributed by atoms with Crippen LogP contribution in [0.15, 0.2) is 0 Å². The van der Waals surface area contributed by atoms with Crippen molar-refractivity contribution in [3.63, 3.8) is 0 Å². The van der Waals surface area contributed by atoms with Gasteiger partial charge in [0.05, 0.1) is 6.04 Å². The summed E-state index contributed by atoms with van der Waals surface area (Å²) in [6.07, 6.45) is 3.31. The van der Waals surface area contributed by atoms with E-state index in [9.17, 15) is 4.79 Å². The molecule has 0 spiro atoms. The van der Waals surface area contributed by atoms with Crippen LogP contribution >= 0.6 is 0 Å². The highest BCUT2D eigenvalue weighted by Gasteiger charge is 2.40. The zero-order chi connectivity index (χ0) is 11.7. The molecule has 1 amide bonds. The molecule has 1 saturated carbocycles. The van der Waals surface area contributed by atoms with Crippen molar-refractivity contribution >= 4 is 5.91 Å². The predicted octanol–water partition coefficient (Wildman–Crippen LogP) is 0.276. The number of carbonyl (C=O) groups excluding carboxylic acids is 1. The van der Waals surface area contributed by atoms with E-state index >= 15 is 0 Å². The molecule has 0 radical (unpaired) electrons. The SMILES string of the molecule is CC1CN(C)C(=O)C(CCN)N(C2CC2)C1. The fourth-order valence-electron chi connectivity index (χ4n) is 2.76. The predicted molar refractivity (Wildman–Crippen MR) is 64.0 cm³/mol. The first kappa shape index (κ1) is 11.9. The molecule has 4 heteroatoms. The third-order valence-corrected chi connectivity index (χ3v) is 3.63. The lowest BCUT2D eigenvalue weighted by atomic mass is 10.1. The molecule has 2 unspecified atom stereocenters. The Morgan fingerprint density at radius 2 is 2.06 bits per heavy atom. The molecule has 0 aromatic heterocycles. The summed E-state index contributed by atoms with van der Waals surface area (Å²) in [5.74, 6) is 0.832. The second-order valence-corrected chi connectivity index (χ2v) is 5.35. The number of likely N-dealkylation sites (N-methyl/N-ethyl adjacent to an activating group) is 1. The van der Waals surface area contributed by atoms with E-state index in [-0.39, 0.29) is 11.9 Å². The molecule has 2 atom stereocenters. The topological polar surface area (TPSA) is 49.6 Å². The van der Waals surface area contributed by atoms with Gasteiger partial charge in [-0.2, -0.15) is 0 Å². The molecule has 0 aromatic carbocycles. The molecule has 0 aromatic rings. The Balaban J connectivity index is 2.14. The number of hydrogen-bond donors (Lipinski definition) is 1. The number of carbonyl (C=O) groups is 1. The Bertz CT molecular complexity index is 265. The van der Waals surface area contributed by atoms with E-state index < -0.39 is 0 Å². The lowest BCUT2D eigenvalue weighted by molar-refractivity contribution is -0.134. The highest BCUT2D eigenvalue weighted by atomic mass is 16.2. The number of amides is 1. The van der Waals surface area contributed by atoms with Crippen molar-refractivity contribution < 1.29 is 4.79 Å². The highest BCUT2D eigenvalue weighted by Crippen LogP contribution is 2.32. The van der Waals surface area contributed by atoms with Gasteiger partial charge in [-0.05, 0) is 31.7 Å². The van der Waals surface area contributed by atoms with E-state index in [0.29, 0.717) is 18.5 Å². The summed E-state index contributed by atoms with van der Waals surface area (Å²) in [7, 11) is 1.92. The second kappa shape index (κ2) is 4.72. The molecule has 92 valence electrons. The monoisotopic (exact) mass is 225 g/mol. The molecule has 16 heavy (non-hydrogen) atoms. The molecule has 4 nitrogen and oxygen atoms in total. The summed E-state index contributed by atoms with van der Waals surface area (Å²) < 4.78 is 0. The smallest absolute Gasteiger partial charge is 0.239 e. The first-order chi connectivity index (χ1) is 7.63. The van der Waals surface area contributed by atoms with Gasteiger partial charge in [0, 0.05) is 26.2 Å². The Hall–Kier alpha value is -0.610. The first-order valence-corrected chi connectivity index (χ1v) is 6.34. The maximum Gasteiger partial charge on any atom is 0.239 e. The van der Waals surface area contributed by atoms with Gasteiger partial charge in [0.2, 0.25) is 5.91 Å². The minimum absolute atomic E-state index is 0.0347. The van der Waals surface area contributed by atoms with Crippen molar-refractivity contribution in [2.75, 3.05) is 26.7 Å². The molecule has 2 fully saturated rings. The maximum atomic E-state index is 12.3. The van der Waals surface area contributed by atoms with Crippen LogP contribution in [0.1, 0.15) is 26.2 Å². The van der Waals surface area contributed by atoms with Crippen LogP contribution in [0.2, 0.25) is 0 Å². The summed E-state index contributed by atoms with van der Waals surface area (Å²) >= 11 is 0. The number of hydrogen-bond acceptors (Lipinski definition) is 3. The van der Waals surface area contributed by atoms with Gasteiger partial charge in [-0.3, -0.25) is 9.69 Å². The largest absolute Gasteiger partial charge is 0.344 e. The van der Waals surface area contributed by atoms with Gasteiger partial charge in [-0.1, -0.05) is 6.92 Å². The fourth-order valence-corrected chi connectivity index (χ4v) is 2.76. The molecule has 0 bridgehead atoms. The van der Waals surface area contributed by atoms with Crippen molar-refractivity contribution in [2.45, 2.75) is 38.3 Å². The Morgan fingerprint density at radius 1 is 1.38 bits per heavy atom. The third kappa shape index (κ3) is 2.38. The molecule has 1 saturated heterocycles. The zero-order valence-electron chi connectivity index (χ0n) is 10.4. The van der Waals surface area contributed by atoms with Crippen molar-refractivity contribution in [1.29, 1.82) is 0 Å². The quantitative estimate of drug-likeness (QED) is 0.750. The van der Waals surface area contributed by atoms with Crippen LogP contribution in [-0.2, 0) is 4.79 Å². The van der Waals surface area contributed by atoms with Crippen molar-refractivity contribution in [2.24, 2.45) is 11.7 Å². The standard InChI is InChI=1S/C12H23N3O/c1-9-7-14(2)12(16)11(5-6-13)15(8-9)10-3-4-10/h9-11H,3-8,13H2,1-2H3. The van der Waals surface area contributed by atoms with Crippen LogP contribution in [0.3, 0.4) is 0 Å². The van der Waals surface area contributed by atoms with E-state index in [1.165, 1.54) is 12.8 Å². The zero-order valence-corrected chi connectivity index (χ0v) is 10.4. The fraction of sp³-hybridized carbons (Fsp3) is 0.917. The molecule has 2 aliphatic rings. The third-order valence-electron chi connectivity index (χ3n) is 3.63. The summed E-state index contributed by atoms with van der Waals surface area (Å²) in [6.45, 7) is 4.75. The summed E-state index contributed by atoms with van der Waals surface area (Å²) in [6, 6.07) is 0.682. The average Bonchev–Trinajstić information content (AvgIpc) is 3.04.